The van der Waals surface area contributed by atoms with Crippen LogP contribution in [0.5, 0.6) is 11.5 Å². The molecule has 1 aromatic heterocycles. The van der Waals surface area contributed by atoms with Gasteiger partial charge in [-0.3, -0.25) is 9.69 Å². The molecule has 0 N–H and O–H groups in total. The Balaban J connectivity index is 1.47. The van der Waals surface area contributed by atoms with Crippen LogP contribution in [0.3, 0.4) is 0 Å². The molecule has 7 heteroatoms. The van der Waals surface area contributed by atoms with Crippen molar-refractivity contribution >= 4 is 32.6 Å². The van der Waals surface area contributed by atoms with Crippen molar-refractivity contribution in [3.8, 4) is 11.5 Å². The lowest BCUT2D eigenvalue weighted by molar-refractivity contribution is -0.118. The average molecular weight is 420 g/mol. The van der Waals surface area contributed by atoms with Gasteiger partial charge in [-0.25, -0.2) is 9.37 Å². The molecule has 2 heterocycles. The van der Waals surface area contributed by atoms with Crippen LogP contribution in [0.2, 0.25) is 0 Å². The number of hydrogen-bond acceptors (Lipinski definition) is 5. The molecule has 1 aliphatic heterocycles. The Labute approximate surface area is 176 Å². The number of nitrogens with zero attached hydrogens (tertiary/aromatic N) is 2. The van der Waals surface area contributed by atoms with Crippen LogP contribution in [0.1, 0.15) is 11.1 Å². The molecule has 0 radical (unpaired) electrons. The van der Waals surface area contributed by atoms with Gasteiger partial charge >= 0.3 is 0 Å². The number of carbonyl (C=O) groups excluding carboxylic acids is 1. The standard InChI is InChI=1S/C23H17FN2O3S/c24-17-7-8-18-21(12-17)30-23(25-18)26(13-15-4-2-1-3-5-15)22(27)11-16-6-9-19-20(10-16)29-14-28-19/h1-10,12H,11,13-14H2. The number of benzene rings is 3. The van der Waals surface area contributed by atoms with Gasteiger partial charge in [0.2, 0.25) is 12.7 Å². The predicted octanol–water partition coefficient (Wildman–Crippen LogP) is 4.94. The van der Waals surface area contributed by atoms with E-state index in [4.69, 9.17) is 9.47 Å². The number of aromatic nitrogens is 1. The minimum atomic E-state index is -0.320. The predicted molar refractivity (Wildman–Crippen MR) is 113 cm³/mol. The molecule has 30 heavy (non-hydrogen) atoms. The van der Waals surface area contributed by atoms with Crippen LogP contribution < -0.4 is 14.4 Å². The molecule has 0 saturated heterocycles. The van der Waals surface area contributed by atoms with E-state index < -0.39 is 0 Å². The van der Waals surface area contributed by atoms with Crippen LogP contribution in [0.15, 0.2) is 66.7 Å². The second-order valence-corrected chi connectivity index (χ2v) is 7.95. The molecule has 5 rings (SSSR count). The average Bonchev–Trinajstić information content (AvgIpc) is 3.38. The smallest absolute Gasteiger partial charge is 0.233 e. The molecule has 5 nitrogen and oxygen atoms in total. The van der Waals surface area contributed by atoms with E-state index in [2.05, 4.69) is 4.98 Å². The number of halogens is 1. The molecule has 0 saturated carbocycles. The Morgan fingerprint density at radius 2 is 1.83 bits per heavy atom. The van der Waals surface area contributed by atoms with Gasteiger partial charge in [-0.1, -0.05) is 47.7 Å². The molecule has 3 aromatic carbocycles. The summed E-state index contributed by atoms with van der Waals surface area (Å²) in [6.45, 7) is 0.571. The summed E-state index contributed by atoms with van der Waals surface area (Å²) in [5.74, 6) is 0.905. The Morgan fingerprint density at radius 3 is 2.70 bits per heavy atom. The van der Waals surface area contributed by atoms with Crippen LogP contribution in [-0.2, 0) is 17.8 Å². The van der Waals surface area contributed by atoms with E-state index in [0.717, 1.165) is 11.1 Å². The molecular formula is C23H17FN2O3S. The zero-order valence-electron chi connectivity index (χ0n) is 15.9. The molecular weight excluding hydrogens is 403 g/mol. The van der Waals surface area contributed by atoms with Gasteiger partial charge in [0.1, 0.15) is 5.82 Å². The molecule has 0 atom stereocenters. The maximum absolute atomic E-state index is 13.6. The second kappa shape index (κ2) is 7.76. The van der Waals surface area contributed by atoms with Gasteiger partial charge < -0.3 is 9.47 Å². The highest BCUT2D eigenvalue weighted by Gasteiger charge is 2.22. The summed E-state index contributed by atoms with van der Waals surface area (Å²) in [6.07, 6.45) is 0.188. The van der Waals surface area contributed by atoms with Gasteiger partial charge in [-0.2, -0.15) is 0 Å². The van der Waals surface area contributed by atoms with Crippen molar-refractivity contribution in [3.05, 3.63) is 83.7 Å². The molecule has 0 fully saturated rings. The molecule has 1 amide bonds. The monoisotopic (exact) mass is 420 g/mol. The molecule has 4 aromatic rings. The molecule has 0 aliphatic carbocycles. The quantitative estimate of drug-likeness (QED) is 0.459. The Morgan fingerprint density at radius 1 is 1.00 bits per heavy atom. The summed E-state index contributed by atoms with van der Waals surface area (Å²) in [5, 5.41) is 0.546. The Hall–Kier alpha value is -3.45. The fourth-order valence-electron chi connectivity index (χ4n) is 3.35. The minimum Gasteiger partial charge on any atom is -0.454 e. The Bertz CT molecular complexity index is 1230. The molecule has 1 aliphatic rings. The highest BCUT2D eigenvalue weighted by atomic mass is 32.1. The first-order chi connectivity index (χ1) is 14.7. The van der Waals surface area contributed by atoms with E-state index in [9.17, 15) is 9.18 Å². The van der Waals surface area contributed by atoms with Crippen LogP contribution in [0.4, 0.5) is 9.52 Å². The molecule has 0 unspecified atom stereocenters. The highest BCUT2D eigenvalue weighted by molar-refractivity contribution is 7.22. The zero-order chi connectivity index (χ0) is 20.5. The number of carbonyl (C=O) groups is 1. The third kappa shape index (κ3) is 3.71. The summed E-state index contributed by atoms with van der Waals surface area (Å²) in [5.41, 5.74) is 2.49. The highest BCUT2D eigenvalue weighted by Crippen LogP contribution is 2.34. The zero-order valence-corrected chi connectivity index (χ0v) is 16.7. The maximum atomic E-state index is 13.6. The summed E-state index contributed by atoms with van der Waals surface area (Å²) in [7, 11) is 0. The van der Waals surface area contributed by atoms with E-state index in [1.165, 1.54) is 23.5 Å². The van der Waals surface area contributed by atoms with Crippen molar-refractivity contribution in [2.24, 2.45) is 0 Å². The fraction of sp³-hybridized carbons (Fsp3) is 0.130. The number of ether oxygens (including phenoxy) is 2. The van der Waals surface area contributed by atoms with Crippen molar-refractivity contribution in [3.63, 3.8) is 0 Å². The lowest BCUT2D eigenvalue weighted by Crippen LogP contribution is -2.31. The van der Waals surface area contributed by atoms with Gasteiger partial charge in [0.05, 0.1) is 23.2 Å². The second-order valence-electron chi connectivity index (χ2n) is 6.94. The van der Waals surface area contributed by atoms with E-state index in [1.807, 2.05) is 48.5 Å². The van der Waals surface area contributed by atoms with Crippen molar-refractivity contribution in [2.45, 2.75) is 13.0 Å². The van der Waals surface area contributed by atoms with Gasteiger partial charge in [-0.05, 0) is 41.5 Å². The van der Waals surface area contributed by atoms with E-state index >= 15 is 0 Å². The van der Waals surface area contributed by atoms with Crippen molar-refractivity contribution in [2.75, 3.05) is 11.7 Å². The topological polar surface area (TPSA) is 51.7 Å². The van der Waals surface area contributed by atoms with Gasteiger partial charge in [0.25, 0.3) is 0 Å². The number of thiazole rings is 1. The van der Waals surface area contributed by atoms with Crippen LogP contribution in [0, 0.1) is 5.82 Å². The molecule has 150 valence electrons. The number of amides is 1. The van der Waals surface area contributed by atoms with Crippen molar-refractivity contribution in [1.29, 1.82) is 0 Å². The van der Waals surface area contributed by atoms with Crippen LogP contribution in [-0.4, -0.2) is 17.7 Å². The van der Waals surface area contributed by atoms with Gasteiger partial charge in [-0.15, -0.1) is 0 Å². The van der Waals surface area contributed by atoms with Crippen molar-refractivity contribution in [1.82, 2.24) is 4.98 Å². The summed E-state index contributed by atoms with van der Waals surface area (Å²) < 4.78 is 25.1. The normalized spacial score (nSPS) is 12.3. The number of anilines is 1. The first kappa shape index (κ1) is 18.6. The first-order valence-corrected chi connectivity index (χ1v) is 10.3. The fourth-order valence-corrected chi connectivity index (χ4v) is 4.36. The van der Waals surface area contributed by atoms with E-state index in [-0.39, 0.29) is 24.9 Å². The van der Waals surface area contributed by atoms with Crippen molar-refractivity contribution < 1.29 is 18.7 Å². The van der Waals surface area contributed by atoms with E-state index in [0.29, 0.717) is 33.4 Å². The largest absolute Gasteiger partial charge is 0.454 e. The minimum absolute atomic E-state index is 0.0998. The summed E-state index contributed by atoms with van der Waals surface area (Å²) in [6, 6.07) is 19.7. The van der Waals surface area contributed by atoms with E-state index in [1.54, 1.807) is 11.0 Å². The lowest BCUT2D eigenvalue weighted by atomic mass is 10.1. The van der Waals surface area contributed by atoms with Crippen LogP contribution >= 0.6 is 11.3 Å². The molecule has 0 bridgehead atoms. The third-order valence-electron chi connectivity index (χ3n) is 4.85. The number of hydrogen-bond donors (Lipinski definition) is 0. The van der Waals surface area contributed by atoms with Gasteiger partial charge in [0.15, 0.2) is 16.6 Å². The third-order valence-corrected chi connectivity index (χ3v) is 5.89. The Kier molecular flexibility index (Phi) is 4.80. The summed E-state index contributed by atoms with van der Waals surface area (Å²) >= 11 is 1.31. The van der Waals surface area contributed by atoms with Crippen LogP contribution in [0.25, 0.3) is 10.2 Å². The molecule has 0 spiro atoms. The number of rotatable bonds is 5. The first-order valence-electron chi connectivity index (χ1n) is 9.45. The SMILES string of the molecule is O=C(Cc1ccc2c(c1)OCO2)N(Cc1ccccc1)c1nc2ccc(F)cc2s1. The maximum Gasteiger partial charge on any atom is 0.233 e. The van der Waals surface area contributed by atoms with Gasteiger partial charge in [0, 0.05) is 0 Å². The summed E-state index contributed by atoms with van der Waals surface area (Å²) in [4.78, 5) is 19.5. The number of fused-ring (bicyclic) bond motifs is 2. The lowest BCUT2D eigenvalue weighted by Gasteiger charge is -2.20.